The summed E-state index contributed by atoms with van der Waals surface area (Å²) in [5.41, 5.74) is 0.644. The number of nitrogens with zero attached hydrogens (tertiary/aromatic N) is 18. The average Bonchev–Trinajstić information content (AvgIpc) is 0.728. The average molecular weight is 2070 g/mol. The van der Waals surface area contributed by atoms with Gasteiger partial charge >= 0.3 is 0 Å². The van der Waals surface area contributed by atoms with Gasteiger partial charge in [0.25, 0.3) is 16.7 Å². The number of phenols is 3. The molecule has 27 nitrogen and oxygen atoms in total. The van der Waals surface area contributed by atoms with Gasteiger partial charge in [-0.2, -0.15) is 15.8 Å². The predicted molar refractivity (Wildman–Crippen MR) is 524 cm³/mol. The number of nitriles is 3. The van der Waals surface area contributed by atoms with E-state index in [2.05, 4.69) is 67.8 Å². The van der Waals surface area contributed by atoms with Gasteiger partial charge in [-0.3, -0.25) is 57.4 Å². The number of aromatic nitrogens is 9. The minimum Gasteiger partial charge on any atom is -0.506 e. The van der Waals surface area contributed by atoms with Crippen LogP contribution in [0.25, 0.3) is 83.9 Å². The highest BCUT2D eigenvalue weighted by Gasteiger charge is 2.38. The zero-order chi connectivity index (χ0) is 98.7. The van der Waals surface area contributed by atoms with Crippen molar-refractivity contribution in [1.29, 1.82) is 15.8 Å². The van der Waals surface area contributed by atoms with Crippen LogP contribution in [0.15, 0.2) is 107 Å². The van der Waals surface area contributed by atoms with Gasteiger partial charge in [-0.1, -0.05) is 200 Å². The molecule has 3 amide bonds. The van der Waals surface area contributed by atoms with Crippen LogP contribution in [0.5, 0.6) is 17.2 Å². The van der Waals surface area contributed by atoms with Crippen LogP contribution >= 0.6 is 139 Å². The molecule has 0 bridgehead atoms. The first-order valence-electron chi connectivity index (χ1n) is 41.1. The maximum atomic E-state index is 15.6. The summed E-state index contributed by atoms with van der Waals surface area (Å²) in [4.78, 5) is 118. The van der Waals surface area contributed by atoms with Crippen molar-refractivity contribution in [3.8, 4) is 86.3 Å². The fourth-order valence-corrected chi connectivity index (χ4v) is 19.0. The highest BCUT2D eigenvalue weighted by atomic mass is 35.5. The number of piperazine rings is 3. The van der Waals surface area contributed by atoms with E-state index < -0.39 is 113 Å². The molecule has 12 aromatic rings. The Hall–Kier alpha value is -11.6. The van der Waals surface area contributed by atoms with E-state index in [0.29, 0.717) is 106 Å². The van der Waals surface area contributed by atoms with Gasteiger partial charge in [0.1, 0.15) is 84.2 Å². The summed E-state index contributed by atoms with van der Waals surface area (Å²) in [6.07, 6.45) is 8.53. The third kappa shape index (κ3) is 18.2. The Morgan fingerprint density at radius 3 is 0.800 bits per heavy atom. The van der Waals surface area contributed by atoms with E-state index >= 15 is 13.2 Å². The summed E-state index contributed by atoms with van der Waals surface area (Å²) in [5, 5.41) is 60.2. The number of rotatable bonds is 15. The molecule has 696 valence electrons. The fraction of sp³-hybridized carbons (Fsp3) is 0.258. The van der Waals surface area contributed by atoms with Gasteiger partial charge in [0.05, 0.1) is 130 Å². The molecule has 3 aromatic carbocycles. The highest BCUT2D eigenvalue weighted by Crippen LogP contribution is 2.53. The van der Waals surface area contributed by atoms with Crippen LogP contribution in [0.3, 0.4) is 0 Å². The number of halogens is 15. The van der Waals surface area contributed by atoms with Crippen molar-refractivity contribution in [2.24, 2.45) is 0 Å². The van der Waals surface area contributed by atoms with Crippen molar-refractivity contribution in [3.05, 3.63) is 252 Å². The monoisotopic (exact) mass is 2060 g/mol. The molecule has 0 saturated carbocycles. The molecule has 12 heterocycles. The molecule has 3 fully saturated rings. The summed E-state index contributed by atoms with van der Waals surface area (Å²) < 4.78 is 50.7. The van der Waals surface area contributed by atoms with Crippen molar-refractivity contribution in [2.75, 3.05) is 93.2 Å². The number of fused-ring (bicyclic) bond motifs is 3. The maximum Gasteiger partial charge on any atom is 0.276 e. The lowest BCUT2D eigenvalue weighted by atomic mass is 10.0. The molecule has 42 heteroatoms. The van der Waals surface area contributed by atoms with Crippen LogP contribution in [-0.4, -0.2) is 170 Å². The largest absolute Gasteiger partial charge is 0.506 e. The smallest absolute Gasteiger partial charge is 0.276 e. The van der Waals surface area contributed by atoms with E-state index in [-0.39, 0.29) is 158 Å². The molecule has 0 radical (unpaired) electrons. The Labute approximate surface area is 829 Å². The molecule has 3 saturated heterocycles. The van der Waals surface area contributed by atoms with Gasteiger partial charge in [0.15, 0.2) is 17.5 Å². The third-order valence-corrected chi connectivity index (χ3v) is 27.8. The van der Waals surface area contributed by atoms with E-state index in [4.69, 9.17) is 139 Å². The maximum absolute atomic E-state index is 15.6. The summed E-state index contributed by atoms with van der Waals surface area (Å²) >= 11 is 75.1. The molecule has 0 atom stereocenters. The topological polar surface area (TPSA) is 346 Å². The minimum absolute atomic E-state index is 0.0111. The number of aryl methyl sites for hydroxylation is 3. The fourth-order valence-electron chi connectivity index (χ4n) is 16.4. The van der Waals surface area contributed by atoms with E-state index in [9.17, 15) is 59.9 Å². The number of hydrogen-bond donors (Lipinski definition) is 3. The van der Waals surface area contributed by atoms with E-state index in [1.54, 1.807) is 72.3 Å². The molecule has 0 aliphatic carbocycles. The molecule has 135 heavy (non-hydrogen) atoms. The van der Waals surface area contributed by atoms with Crippen LogP contribution in [-0.2, 0) is 14.4 Å². The highest BCUT2D eigenvalue weighted by molar-refractivity contribution is 6.51. The van der Waals surface area contributed by atoms with E-state index in [0.717, 1.165) is 0 Å². The molecular formula is C93H75Cl12F3N18O9. The SMILES string of the molecule is C=CC(=O)N1CCN(c2c(C#N)c(=O)n(-c3c(C)ccnc3C(C)C)c3nc(-c4c(O)c(Cl)c(Cl)c(Cl)c4F)c(Cl)cc23)CC1.C=CC(=O)N1CCN(c2c(C#N)c(=O)n(-c3c(C)ccnc3C(C)C)c3nc(-c4c(O)c(Cl)c(Cl)c(Cl)c4F)c(Cl)cc23)CC1.C=CC(=O)N1CCN(c2c(C#N)c(=O)n(-c3c(C)ccnc3C(C)C)c3nc(-c4c(O)c(Cl)c(Cl)c(Cl)c4F)c(Cl)cc23)CC1. The van der Waals surface area contributed by atoms with Crippen LogP contribution < -0.4 is 31.4 Å². The number of benzene rings is 3. The number of carbonyl (C=O) groups excluding carboxylic acids is 3. The molecule has 15 rings (SSSR count). The molecule has 9 aromatic heterocycles. The van der Waals surface area contributed by atoms with Crippen LogP contribution in [0.1, 0.15) is 110 Å². The molecule has 3 aliphatic heterocycles. The first kappa shape index (κ1) is 101. The van der Waals surface area contributed by atoms with E-state index in [1.807, 2.05) is 56.2 Å². The minimum atomic E-state index is -1.12. The molecule has 3 aliphatic rings. The first-order valence-corrected chi connectivity index (χ1v) is 45.6. The molecule has 0 unspecified atom stereocenters. The number of amides is 3. The Balaban J connectivity index is 0.000000171. The zero-order valence-electron chi connectivity index (χ0n) is 72.8. The number of pyridine rings is 9. The third-order valence-electron chi connectivity index (χ3n) is 23.0. The molecule has 3 N–H and O–H groups in total. The van der Waals surface area contributed by atoms with Crippen molar-refractivity contribution in [1.82, 2.24) is 58.3 Å². The van der Waals surface area contributed by atoms with Crippen molar-refractivity contribution < 1.29 is 42.9 Å². The quantitative estimate of drug-likeness (QED) is 0.0487. The summed E-state index contributed by atoms with van der Waals surface area (Å²) in [6, 6.07) is 15.7. The number of carbonyl (C=O) groups is 3. The van der Waals surface area contributed by atoms with E-state index in [1.165, 1.54) is 50.1 Å². The normalized spacial score (nSPS) is 13.4. The second-order valence-corrected chi connectivity index (χ2v) is 36.7. The van der Waals surface area contributed by atoms with Crippen molar-refractivity contribution >= 4 is 207 Å². The van der Waals surface area contributed by atoms with Crippen LogP contribution in [0, 0.1) is 72.2 Å². The van der Waals surface area contributed by atoms with Crippen LogP contribution in [0.2, 0.25) is 60.3 Å². The number of phenolic OH excluding ortho intramolecular Hbond substituents is 3. The van der Waals surface area contributed by atoms with Gasteiger partial charge in [0.2, 0.25) is 17.7 Å². The second kappa shape index (κ2) is 40.7. The first-order chi connectivity index (χ1) is 64.0. The standard InChI is InChI=1S/3C31H25Cl4FN6O3/c3*1-5-19(43)40-8-10-41(11-9-40)28-16-12-18(32)26(20-24(36)22(34)21(33)23(35)29(20)44)39-30(16)42(31(45)17(28)13-37)27-15(4)6-7-38-25(27)14(2)3/h3*5-7,12,14,44H,1,8-11H2,2-4H3. The Morgan fingerprint density at radius 2 is 0.600 bits per heavy atom. The number of aromatic hydroxyl groups is 3. The Morgan fingerprint density at radius 1 is 0.378 bits per heavy atom. The molecular weight excluding hydrogens is 2000 g/mol. The lowest BCUT2D eigenvalue weighted by Crippen LogP contribution is -2.49. The molecule has 0 spiro atoms. The van der Waals surface area contributed by atoms with Crippen LogP contribution in [0.4, 0.5) is 30.2 Å². The predicted octanol–water partition coefficient (Wildman–Crippen LogP) is 21.1. The summed E-state index contributed by atoms with van der Waals surface area (Å²) in [7, 11) is 0. The zero-order valence-corrected chi connectivity index (χ0v) is 81.8. The lowest BCUT2D eigenvalue weighted by molar-refractivity contribution is -0.127. The number of hydrogen-bond acceptors (Lipinski definition) is 21. The van der Waals surface area contributed by atoms with Crippen molar-refractivity contribution in [2.45, 2.75) is 80.1 Å². The lowest BCUT2D eigenvalue weighted by Gasteiger charge is -2.36. The van der Waals surface area contributed by atoms with Gasteiger partial charge in [-0.25, -0.2) is 28.1 Å². The Bertz CT molecular complexity index is 6650. The van der Waals surface area contributed by atoms with Gasteiger partial charge in [-0.05, 0) is 110 Å². The van der Waals surface area contributed by atoms with Gasteiger partial charge in [-0.15, -0.1) is 0 Å². The number of anilines is 3. The summed E-state index contributed by atoms with van der Waals surface area (Å²) in [6.45, 7) is 31.0. The van der Waals surface area contributed by atoms with Gasteiger partial charge in [0, 0.05) is 113 Å². The van der Waals surface area contributed by atoms with Gasteiger partial charge < -0.3 is 44.7 Å². The second-order valence-electron chi connectivity index (χ2n) is 32.0. The summed E-state index contributed by atoms with van der Waals surface area (Å²) in [5.74, 6) is -6.76. The van der Waals surface area contributed by atoms with Crippen molar-refractivity contribution in [3.63, 3.8) is 0 Å². The Kier molecular flexibility index (Phi) is 30.4.